The van der Waals surface area contributed by atoms with Gasteiger partial charge in [-0.05, 0) is 25.0 Å². The molecule has 0 atom stereocenters. The maximum Gasteiger partial charge on any atom is 0.422 e. The zero-order valence-electron chi connectivity index (χ0n) is 11.7. The number of nitrogens with two attached hydrogens (primary N) is 1. The van der Waals surface area contributed by atoms with Gasteiger partial charge in [0.1, 0.15) is 0 Å². The molecule has 5 nitrogen and oxygen atoms in total. The van der Waals surface area contributed by atoms with Crippen LogP contribution < -0.4 is 20.5 Å². The molecule has 1 aromatic carbocycles. The van der Waals surface area contributed by atoms with Crippen LogP contribution in [0.4, 0.5) is 18.9 Å². The smallest absolute Gasteiger partial charge is 0.422 e. The lowest BCUT2D eigenvalue weighted by molar-refractivity contribution is -0.153. The van der Waals surface area contributed by atoms with Gasteiger partial charge in [-0.2, -0.15) is 13.2 Å². The molecule has 1 saturated carbocycles. The van der Waals surface area contributed by atoms with E-state index >= 15 is 0 Å². The fraction of sp³-hybridized carbons (Fsp3) is 0.462. The summed E-state index contributed by atoms with van der Waals surface area (Å²) in [5, 5.41) is 2.55. The van der Waals surface area contributed by atoms with Crippen LogP contribution >= 0.6 is 12.4 Å². The molecule has 0 saturated heterocycles. The van der Waals surface area contributed by atoms with E-state index < -0.39 is 18.3 Å². The third-order valence-corrected chi connectivity index (χ3v) is 3.05. The largest absolute Gasteiger partial charge is 0.493 e. The van der Waals surface area contributed by atoms with E-state index in [0.717, 1.165) is 0 Å². The number of carbonyl (C=O) groups is 1. The van der Waals surface area contributed by atoms with Crippen LogP contribution in [0.25, 0.3) is 0 Å². The maximum absolute atomic E-state index is 12.2. The Hall–Kier alpha value is -1.67. The van der Waals surface area contributed by atoms with Gasteiger partial charge in [-0.15, -0.1) is 12.4 Å². The third-order valence-electron chi connectivity index (χ3n) is 3.05. The predicted molar refractivity (Wildman–Crippen MR) is 76.6 cm³/mol. The fourth-order valence-electron chi connectivity index (χ4n) is 1.64. The molecule has 1 aliphatic carbocycles. The summed E-state index contributed by atoms with van der Waals surface area (Å²) in [7, 11) is 1.31. The molecule has 1 fully saturated rings. The summed E-state index contributed by atoms with van der Waals surface area (Å²) in [5.41, 5.74) is 5.16. The van der Waals surface area contributed by atoms with Gasteiger partial charge in [0.05, 0.1) is 12.6 Å². The summed E-state index contributed by atoms with van der Waals surface area (Å²) < 4.78 is 46.2. The number of methoxy groups -OCH3 is 1. The Bertz CT molecular complexity index is 548. The van der Waals surface area contributed by atoms with Crippen molar-refractivity contribution >= 4 is 24.0 Å². The Balaban J connectivity index is 0.00000242. The van der Waals surface area contributed by atoms with E-state index in [-0.39, 0.29) is 29.8 Å². The van der Waals surface area contributed by atoms with Gasteiger partial charge in [-0.1, -0.05) is 0 Å². The number of anilines is 1. The number of ether oxygens (including phenoxy) is 2. The van der Waals surface area contributed by atoms with Crippen LogP contribution in [0.15, 0.2) is 18.2 Å². The highest BCUT2D eigenvalue weighted by Crippen LogP contribution is 2.35. The summed E-state index contributed by atoms with van der Waals surface area (Å²) in [6.45, 7) is -1.44. The molecule has 0 aromatic heterocycles. The monoisotopic (exact) mass is 340 g/mol. The molecule has 0 unspecified atom stereocenters. The Morgan fingerprint density at radius 1 is 1.36 bits per heavy atom. The minimum Gasteiger partial charge on any atom is -0.493 e. The van der Waals surface area contributed by atoms with Crippen LogP contribution in [-0.2, 0) is 4.79 Å². The first kappa shape index (κ1) is 18.4. The molecule has 1 amide bonds. The molecule has 3 N–H and O–H groups in total. The number of carbonyl (C=O) groups excluding carboxylic acids is 1. The van der Waals surface area contributed by atoms with Crippen molar-refractivity contribution in [3.8, 4) is 11.5 Å². The predicted octanol–water partition coefficient (Wildman–Crippen LogP) is 2.49. The van der Waals surface area contributed by atoms with Crippen molar-refractivity contribution < 1.29 is 27.4 Å². The average Bonchev–Trinajstić information content (AvgIpc) is 3.15. The summed E-state index contributed by atoms with van der Waals surface area (Å²) in [6.07, 6.45) is -3.28. The highest BCUT2D eigenvalue weighted by molar-refractivity contribution is 6.00. The number of nitrogens with one attached hydrogen (secondary N) is 1. The Kier molecular flexibility index (Phi) is 5.53. The first-order valence-corrected chi connectivity index (χ1v) is 6.21. The van der Waals surface area contributed by atoms with Crippen LogP contribution in [0.3, 0.4) is 0 Å². The number of benzene rings is 1. The lowest BCUT2D eigenvalue weighted by Crippen LogP contribution is -2.37. The standard InChI is InChI=1S/C13H15F3N2O3.ClH/c1-20-9-3-2-8(18-11(19)12(17)4-5-12)6-10(9)21-7-13(14,15)16;/h2-3,6H,4-5,7,17H2,1H3,(H,18,19);1H. The SMILES string of the molecule is COc1ccc(NC(=O)C2(N)CC2)cc1OCC(F)(F)F.Cl. The number of halogens is 4. The van der Waals surface area contributed by atoms with E-state index in [9.17, 15) is 18.0 Å². The van der Waals surface area contributed by atoms with E-state index in [1.54, 1.807) is 0 Å². The second-order valence-electron chi connectivity index (χ2n) is 4.88. The van der Waals surface area contributed by atoms with Gasteiger partial charge in [-0.25, -0.2) is 0 Å². The zero-order valence-corrected chi connectivity index (χ0v) is 12.5. The number of rotatable bonds is 5. The van der Waals surface area contributed by atoms with Crippen molar-refractivity contribution in [2.24, 2.45) is 5.73 Å². The van der Waals surface area contributed by atoms with Crippen molar-refractivity contribution in [2.45, 2.75) is 24.6 Å². The van der Waals surface area contributed by atoms with Crippen LogP contribution in [-0.4, -0.2) is 31.3 Å². The van der Waals surface area contributed by atoms with Crippen molar-refractivity contribution in [3.05, 3.63) is 18.2 Å². The third kappa shape index (κ3) is 4.67. The molecule has 0 heterocycles. The first-order valence-electron chi connectivity index (χ1n) is 6.21. The molecule has 0 spiro atoms. The molecular weight excluding hydrogens is 325 g/mol. The van der Waals surface area contributed by atoms with Crippen LogP contribution in [0, 0.1) is 0 Å². The summed E-state index contributed by atoms with van der Waals surface area (Å²) in [4.78, 5) is 11.8. The van der Waals surface area contributed by atoms with Crippen LogP contribution in [0.2, 0.25) is 0 Å². The van der Waals surface area contributed by atoms with E-state index in [1.165, 1.54) is 25.3 Å². The van der Waals surface area contributed by atoms with Crippen molar-refractivity contribution in [1.29, 1.82) is 0 Å². The topological polar surface area (TPSA) is 73.6 Å². The van der Waals surface area contributed by atoms with E-state index in [2.05, 4.69) is 10.1 Å². The average molecular weight is 341 g/mol. The van der Waals surface area contributed by atoms with E-state index in [0.29, 0.717) is 18.5 Å². The van der Waals surface area contributed by atoms with Crippen molar-refractivity contribution in [2.75, 3.05) is 19.0 Å². The Labute approximate surface area is 131 Å². The lowest BCUT2D eigenvalue weighted by atomic mass is 10.2. The maximum atomic E-state index is 12.2. The van der Waals surface area contributed by atoms with E-state index in [4.69, 9.17) is 10.5 Å². The highest BCUT2D eigenvalue weighted by atomic mass is 35.5. The second-order valence-corrected chi connectivity index (χ2v) is 4.88. The minimum absolute atomic E-state index is 0. The van der Waals surface area contributed by atoms with Gasteiger partial charge < -0.3 is 20.5 Å². The zero-order chi connectivity index (χ0) is 15.7. The quantitative estimate of drug-likeness (QED) is 0.863. The summed E-state index contributed by atoms with van der Waals surface area (Å²) in [5.74, 6) is -0.324. The number of alkyl halides is 3. The highest BCUT2D eigenvalue weighted by Gasteiger charge is 2.46. The fourth-order valence-corrected chi connectivity index (χ4v) is 1.64. The van der Waals surface area contributed by atoms with Gasteiger partial charge in [-0.3, -0.25) is 4.79 Å². The molecule has 0 bridgehead atoms. The molecule has 1 aliphatic rings. The molecule has 0 radical (unpaired) electrons. The van der Waals surface area contributed by atoms with Gasteiger partial charge in [0, 0.05) is 11.8 Å². The lowest BCUT2D eigenvalue weighted by Gasteiger charge is -2.15. The molecule has 1 aromatic rings. The molecule has 9 heteroatoms. The molecule has 124 valence electrons. The van der Waals surface area contributed by atoms with Crippen LogP contribution in [0.1, 0.15) is 12.8 Å². The van der Waals surface area contributed by atoms with Crippen LogP contribution in [0.5, 0.6) is 11.5 Å². The molecule has 2 rings (SSSR count). The second kappa shape index (κ2) is 6.62. The molecule has 0 aliphatic heterocycles. The number of hydrogen-bond donors (Lipinski definition) is 2. The van der Waals surface area contributed by atoms with Gasteiger partial charge in [0.25, 0.3) is 0 Å². The Morgan fingerprint density at radius 2 is 2.00 bits per heavy atom. The van der Waals surface area contributed by atoms with Gasteiger partial charge in [0.15, 0.2) is 18.1 Å². The molecule has 22 heavy (non-hydrogen) atoms. The summed E-state index contributed by atoms with van der Waals surface area (Å²) >= 11 is 0. The van der Waals surface area contributed by atoms with Crippen molar-refractivity contribution in [1.82, 2.24) is 0 Å². The summed E-state index contributed by atoms with van der Waals surface area (Å²) in [6, 6.07) is 4.19. The van der Waals surface area contributed by atoms with Gasteiger partial charge in [0.2, 0.25) is 5.91 Å². The van der Waals surface area contributed by atoms with Crippen molar-refractivity contribution in [3.63, 3.8) is 0 Å². The number of amides is 1. The number of hydrogen-bond acceptors (Lipinski definition) is 4. The Morgan fingerprint density at radius 3 is 2.50 bits per heavy atom. The molecular formula is C13H16ClF3N2O3. The van der Waals surface area contributed by atoms with Gasteiger partial charge >= 0.3 is 6.18 Å². The first-order chi connectivity index (χ1) is 9.73. The normalized spacial score (nSPS) is 15.5. The minimum atomic E-state index is -4.46. The van der Waals surface area contributed by atoms with E-state index in [1.807, 2.05) is 0 Å².